The molecule has 2 heterocycles. The molecule has 7 nitrogen and oxygen atoms in total. The zero-order valence-electron chi connectivity index (χ0n) is 18.2. The van der Waals surface area contributed by atoms with Gasteiger partial charge >= 0.3 is 0 Å². The Morgan fingerprint density at radius 2 is 2.00 bits per heavy atom. The third kappa shape index (κ3) is 6.50. The fourth-order valence-electron chi connectivity index (χ4n) is 3.68. The van der Waals surface area contributed by atoms with Crippen molar-refractivity contribution in [3.05, 3.63) is 29.8 Å². The minimum atomic E-state index is -3.62. The number of aromatic nitrogens is 2. The summed E-state index contributed by atoms with van der Waals surface area (Å²) in [5.41, 5.74) is 0.369. The Kier molecular flexibility index (Phi) is 8.49. The smallest absolute Gasteiger partial charge is 0.243 e. The Hall–Kier alpha value is -1.49. The van der Waals surface area contributed by atoms with Crippen LogP contribution in [-0.2, 0) is 10.0 Å². The van der Waals surface area contributed by atoms with Crippen LogP contribution in [0.2, 0.25) is 0 Å². The molecule has 2 aromatic rings. The van der Waals surface area contributed by atoms with Crippen molar-refractivity contribution >= 4 is 44.0 Å². The summed E-state index contributed by atoms with van der Waals surface area (Å²) in [6.07, 6.45) is 3.29. The lowest BCUT2D eigenvalue weighted by atomic mass is 9.94. The van der Waals surface area contributed by atoms with E-state index in [2.05, 4.69) is 36.3 Å². The number of anilines is 1. The number of thioether (sulfide) groups is 1. The number of piperidine rings is 1. The third-order valence-corrected chi connectivity index (χ3v) is 9.09. The van der Waals surface area contributed by atoms with E-state index in [9.17, 15) is 13.2 Å². The van der Waals surface area contributed by atoms with Gasteiger partial charge in [-0.25, -0.2) is 8.42 Å². The molecule has 1 aliphatic rings. The van der Waals surface area contributed by atoms with Gasteiger partial charge in [-0.1, -0.05) is 62.4 Å². The van der Waals surface area contributed by atoms with E-state index in [4.69, 9.17) is 0 Å². The Balaban J connectivity index is 1.63. The van der Waals surface area contributed by atoms with Crippen molar-refractivity contribution in [3.8, 4) is 0 Å². The summed E-state index contributed by atoms with van der Waals surface area (Å²) in [5, 5.41) is 11.8. The second-order valence-electron chi connectivity index (χ2n) is 8.15. The van der Waals surface area contributed by atoms with E-state index >= 15 is 0 Å². The average Bonchev–Trinajstić information content (AvgIpc) is 3.19. The maximum absolute atomic E-state index is 13.1. The van der Waals surface area contributed by atoms with Gasteiger partial charge < -0.3 is 5.32 Å². The van der Waals surface area contributed by atoms with Crippen LogP contribution in [0.4, 0.5) is 5.13 Å². The van der Waals surface area contributed by atoms with E-state index in [0.29, 0.717) is 35.6 Å². The Morgan fingerprint density at radius 3 is 2.71 bits per heavy atom. The van der Waals surface area contributed by atoms with Gasteiger partial charge in [-0.15, -0.1) is 10.2 Å². The molecule has 2 atom stereocenters. The lowest BCUT2D eigenvalue weighted by Crippen LogP contribution is -2.42. The summed E-state index contributed by atoms with van der Waals surface area (Å²) in [4.78, 5) is 12.8. The topological polar surface area (TPSA) is 92.3 Å². The maximum Gasteiger partial charge on any atom is 0.243 e. The van der Waals surface area contributed by atoms with Gasteiger partial charge in [0.2, 0.25) is 15.2 Å². The van der Waals surface area contributed by atoms with Crippen molar-refractivity contribution < 1.29 is 13.2 Å². The molecule has 0 aliphatic carbocycles. The molecule has 170 valence electrons. The van der Waals surface area contributed by atoms with Crippen LogP contribution in [0.1, 0.15) is 50.4 Å². The summed E-state index contributed by atoms with van der Waals surface area (Å²) >= 11 is 3.09. The molecule has 0 amide bonds. The number of benzene rings is 1. The lowest BCUT2D eigenvalue weighted by molar-refractivity contribution is 0.101. The second kappa shape index (κ2) is 10.9. The highest BCUT2D eigenvalue weighted by molar-refractivity contribution is 8.01. The molecule has 1 aliphatic heterocycles. The molecule has 0 bridgehead atoms. The molecular formula is C21H30N4O3S3. The first-order valence-electron chi connectivity index (χ1n) is 10.6. The molecule has 0 spiro atoms. The molecule has 31 heavy (non-hydrogen) atoms. The van der Waals surface area contributed by atoms with E-state index in [0.717, 1.165) is 29.4 Å². The number of rotatable bonds is 10. The predicted octanol–water partition coefficient (Wildman–Crippen LogP) is 4.39. The number of nitrogens with one attached hydrogen (secondary N) is 1. The standard InChI is InChI=1S/C21H30N4O3S3/c1-4-5-9-29-21-24-23-20(30-21)22-12-19(26)17-7-6-8-18(11-17)31(27,28)25-13-15(2)10-16(3)14-25/h6-8,11,15-16H,4-5,9-10,12-14H2,1-3H3,(H,22,23). The number of hydrogen-bond donors (Lipinski definition) is 1. The number of sulfonamides is 1. The van der Waals surface area contributed by atoms with Crippen molar-refractivity contribution in [2.75, 3.05) is 30.7 Å². The number of hydrogen-bond acceptors (Lipinski definition) is 8. The van der Waals surface area contributed by atoms with Crippen LogP contribution in [0.25, 0.3) is 0 Å². The van der Waals surface area contributed by atoms with Crippen LogP contribution in [-0.4, -0.2) is 54.1 Å². The Bertz CT molecular complexity index is 983. The monoisotopic (exact) mass is 482 g/mol. The van der Waals surface area contributed by atoms with Crippen molar-refractivity contribution in [2.45, 2.75) is 49.3 Å². The van der Waals surface area contributed by atoms with Crippen molar-refractivity contribution in [3.63, 3.8) is 0 Å². The summed E-state index contributed by atoms with van der Waals surface area (Å²) < 4.78 is 28.7. The van der Waals surface area contributed by atoms with Crippen LogP contribution in [0, 0.1) is 11.8 Å². The fourth-order valence-corrected chi connectivity index (χ4v) is 7.31. The molecule has 10 heteroatoms. The molecule has 0 saturated carbocycles. The van der Waals surface area contributed by atoms with Gasteiger partial charge in [0, 0.05) is 24.4 Å². The molecule has 2 unspecified atom stereocenters. The molecule has 1 saturated heterocycles. The number of nitrogens with zero attached hydrogens (tertiary/aromatic N) is 3. The van der Waals surface area contributed by atoms with Crippen molar-refractivity contribution in [1.29, 1.82) is 0 Å². The Morgan fingerprint density at radius 1 is 1.26 bits per heavy atom. The van der Waals surface area contributed by atoms with E-state index < -0.39 is 10.0 Å². The SMILES string of the molecule is CCCCSc1nnc(NCC(=O)c2cccc(S(=O)(=O)N3CC(C)CC(C)C3)c2)s1. The zero-order chi connectivity index (χ0) is 22.4. The van der Waals surface area contributed by atoms with Gasteiger partial charge in [-0.05, 0) is 36.8 Å². The first-order chi connectivity index (χ1) is 14.8. The van der Waals surface area contributed by atoms with E-state index in [1.165, 1.54) is 17.4 Å². The highest BCUT2D eigenvalue weighted by Crippen LogP contribution is 2.28. The normalized spacial score (nSPS) is 20.0. The molecular weight excluding hydrogens is 452 g/mol. The fraction of sp³-hybridized carbons (Fsp3) is 0.571. The number of ketones is 1. The molecule has 0 radical (unpaired) electrons. The van der Waals surface area contributed by atoms with Gasteiger partial charge in [0.25, 0.3) is 0 Å². The Labute approximate surface area is 193 Å². The summed E-state index contributed by atoms with van der Waals surface area (Å²) in [6.45, 7) is 7.36. The highest BCUT2D eigenvalue weighted by atomic mass is 32.2. The predicted molar refractivity (Wildman–Crippen MR) is 127 cm³/mol. The number of unbranched alkanes of at least 4 members (excludes halogenated alkanes) is 1. The van der Waals surface area contributed by atoms with Crippen LogP contribution in [0.3, 0.4) is 0 Å². The lowest BCUT2D eigenvalue weighted by Gasteiger charge is -2.34. The van der Waals surface area contributed by atoms with Gasteiger partial charge in [-0.2, -0.15) is 4.31 Å². The van der Waals surface area contributed by atoms with Gasteiger partial charge in [0.15, 0.2) is 10.1 Å². The molecule has 1 N–H and O–H groups in total. The first kappa shape index (κ1) is 24.2. The molecule has 3 rings (SSSR count). The third-order valence-electron chi connectivity index (χ3n) is 5.16. The van der Waals surface area contributed by atoms with Crippen LogP contribution < -0.4 is 5.32 Å². The second-order valence-corrected chi connectivity index (χ2v) is 12.4. The van der Waals surface area contributed by atoms with Gasteiger partial charge in [0.05, 0.1) is 11.4 Å². The van der Waals surface area contributed by atoms with Crippen molar-refractivity contribution in [1.82, 2.24) is 14.5 Å². The van der Waals surface area contributed by atoms with Crippen LogP contribution in [0.5, 0.6) is 0 Å². The molecule has 1 aromatic carbocycles. The van der Waals surface area contributed by atoms with Crippen LogP contribution in [0.15, 0.2) is 33.5 Å². The summed E-state index contributed by atoms with van der Waals surface area (Å²) in [5.74, 6) is 1.46. The van der Waals surface area contributed by atoms with Crippen molar-refractivity contribution in [2.24, 2.45) is 11.8 Å². The zero-order valence-corrected chi connectivity index (χ0v) is 20.7. The first-order valence-corrected chi connectivity index (χ1v) is 13.9. The molecule has 1 aromatic heterocycles. The van der Waals surface area contributed by atoms with Crippen LogP contribution >= 0.6 is 23.1 Å². The summed E-state index contributed by atoms with van der Waals surface area (Å²) in [6, 6.07) is 6.32. The van der Waals surface area contributed by atoms with Gasteiger partial charge in [-0.3, -0.25) is 4.79 Å². The highest BCUT2D eigenvalue weighted by Gasteiger charge is 2.31. The average molecular weight is 483 g/mol. The minimum Gasteiger partial charge on any atom is -0.353 e. The number of carbonyl (C=O) groups is 1. The molecule has 1 fully saturated rings. The quantitative estimate of drug-likeness (QED) is 0.305. The van der Waals surface area contributed by atoms with E-state index in [1.54, 1.807) is 34.3 Å². The summed E-state index contributed by atoms with van der Waals surface area (Å²) in [7, 11) is -3.62. The van der Waals surface area contributed by atoms with Gasteiger partial charge in [0.1, 0.15) is 0 Å². The van der Waals surface area contributed by atoms with E-state index in [-0.39, 0.29) is 17.2 Å². The largest absolute Gasteiger partial charge is 0.353 e. The minimum absolute atomic E-state index is 0.0372. The number of carbonyl (C=O) groups excluding carboxylic acids is 1. The maximum atomic E-state index is 13.1. The van der Waals surface area contributed by atoms with E-state index in [1.807, 2.05) is 0 Å². The number of Topliss-reactive ketones (excluding diaryl/α,β-unsaturated/α-hetero) is 1.